The fourth-order valence-corrected chi connectivity index (χ4v) is 4.07. The molecule has 1 saturated carbocycles. The molecule has 2 rings (SSSR count). The number of hydrogen-bond donors (Lipinski definition) is 1. The first-order valence-electron chi connectivity index (χ1n) is 7.62. The molecule has 0 heterocycles. The third-order valence-electron chi connectivity index (χ3n) is 4.42. The van der Waals surface area contributed by atoms with E-state index in [1.807, 2.05) is 0 Å². The molecule has 6 heteroatoms. The van der Waals surface area contributed by atoms with E-state index in [9.17, 15) is 17.6 Å². The minimum atomic E-state index is -3.80. The van der Waals surface area contributed by atoms with Gasteiger partial charge in [0.05, 0.1) is 4.90 Å². The Kier molecular flexibility index (Phi) is 5.21. The normalized spacial score (nSPS) is 23.8. The second kappa shape index (κ2) is 6.77. The number of benzene rings is 1. The van der Waals surface area contributed by atoms with Crippen LogP contribution in [-0.2, 0) is 14.6 Å². The quantitative estimate of drug-likeness (QED) is 0.865. The van der Waals surface area contributed by atoms with Gasteiger partial charge in [0.1, 0.15) is 11.1 Å². The molecule has 1 aromatic rings. The number of sulfone groups is 1. The zero-order chi connectivity index (χ0) is 16.3. The maximum absolute atomic E-state index is 12.9. The molecule has 3 unspecified atom stereocenters. The van der Waals surface area contributed by atoms with E-state index >= 15 is 0 Å². The first kappa shape index (κ1) is 16.9. The monoisotopic (exact) mass is 327 g/mol. The summed E-state index contributed by atoms with van der Waals surface area (Å²) in [6.07, 6.45) is 4.13. The molecule has 22 heavy (non-hydrogen) atoms. The van der Waals surface area contributed by atoms with E-state index in [-0.39, 0.29) is 10.9 Å². The number of carbonyl (C=O) groups is 1. The van der Waals surface area contributed by atoms with Gasteiger partial charge >= 0.3 is 0 Å². The smallest absolute Gasteiger partial charge is 0.238 e. The predicted molar refractivity (Wildman–Crippen MR) is 82.6 cm³/mol. The van der Waals surface area contributed by atoms with Gasteiger partial charge in [-0.25, -0.2) is 12.8 Å². The van der Waals surface area contributed by atoms with E-state index < -0.39 is 26.8 Å². The second-order valence-electron chi connectivity index (χ2n) is 6.02. The van der Waals surface area contributed by atoms with E-state index in [0.717, 1.165) is 37.8 Å². The first-order valence-corrected chi connectivity index (χ1v) is 9.17. The molecule has 1 fully saturated rings. The number of carbonyl (C=O) groups excluding carboxylic acids is 1. The highest BCUT2D eigenvalue weighted by molar-refractivity contribution is 7.92. The Morgan fingerprint density at radius 3 is 2.41 bits per heavy atom. The summed E-state index contributed by atoms with van der Waals surface area (Å²) in [5.74, 6) is -0.631. The number of halogens is 1. The van der Waals surface area contributed by atoms with Crippen LogP contribution in [0.3, 0.4) is 0 Å². The van der Waals surface area contributed by atoms with Crippen molar-refractivity contribution in [2.45, 2.75) is 55.7 Å². The highest BCUT2D eigenvalue weighted by Crippen LogP contribution is 2.24. The summed E-state index contributed by atoms with van der Waals surface area (Å²) in [7, 11) is -3.80. The van der Waals surface area contributed by atoms with Crippen LogP contribution in [0.15, 0.2) is 29.2 Å². The van der Waals surface area contributed by atoms with E-state index in [2.05, 4.69) is 12.2 Å². The van der Waals surface area contributed by atoms with Gasteiger partial charge in [-0.05, 0) is 49.9 Å². The summed E-state index contributed by atoms with van der Waals surface area (Å²) in [6.45, 7) is 3.45. The molecule has 0 radical (unpaired) electrons. The van der Waals surface area contributed by atoms with Crippen LogP contribution in [0.1, 0.15) is 39.5 Å². The Morgan fingerprint density at radius 1 is 1.23 bits per heavy atom. The van der Waals surface area contributed by atoms with Crippen LogP contribution >= 0.6 is 0 Å². The van der Waals surface area contributed by atoms with Gasteiger partial charge in [0.2, 0.25) is 5.91 Å². The summed E-state index contributed by atoms with van der Waals surface area (Å²) >= 11 is 0. The van der Waals surface area contributed by atoms with Crippen molar-refractivity contribution in [1.82, 2.24) is 5.32 Å². The van der Waals surface area contributed by atoms with Crippen molar-refractivity contribution in [3.63, 3.8) is 0 Å². The Balaban J connectivity index is 2.10. The minimum absolute atomic E-state index is 0.0340. The lowest BCUT2D eigenvalue weighted by Crippen LogP contribution is -2.46. The molecule has 0 saturated heterocycles. The Labute approximate surface area is 131 Å². The maximum atomic E-state index is 12.9. The van der Waals surface area contributed by atoms with E-state index in [1.165, 1.54) is 19.1 Å². The molecule has 1 aliphatic carbocycles. The average Bonchev–Trinajstić information content (AvgIpc) is 2.49. The molecular weight excluding hydrogens is 305 g/mol. The molecule has 0 aliphatic heterocycles. The fraction of sp³-hybridized carbons (Fsp3) is 0.562. The highest BCUT2D eigenvalue weighted by Gasteiger charge is 2.32. The average molecular weight is 327 g/mol. The zero-order valence-corrected chi connectivity index (χ0v) is 13.7. The van der Waals surface area contributed by atoms with Crippen molar-refractivity contribution in [2.24, 2.45) is 5.92 Å². The van der Waals surface area contributed by atoms with Gasteiger partial charge in [-0.3, -0.25) is 4.79 Å². The molecule has 3 atom stereocenters. The lowest BCUT2D eigenvalue weighted by Gasteiger charge is -2.30. The third-order valence-corrected chi connectivity index (χ3v) is 6.49. The van der Waals surface area contributed by atoms with Crippen molar-refractivity contribution in [3.8, 4) is 0 Å². The summed E-state index contributed by atoms with van der Waals surface area (Å²) in [4.78, 5) is 12.2. The third kappa shape index (κ3) is 3.66. The maximum Gasteiger partial charge on any atom is 0.238 e. The van der Waals surface area contributed by atoms with Crippen molar-refractivity contribution in [2.75, 3.05) is 0 Å². The van der Waals surface area contributed by atoms with Gasteiger partial charge in [-0.15, -0.1) is 0 Å². The fourth-order valence-electron chi connectivity index (χ4n) is 2.80. The van der Waals surface area contributed by atoms with Crippen LogP contribution in [0.25, 0.3) is 0 Å². The van der Waals surface area contributed by atoms with Crippen molar-refractivity contribution >= 4 is 15.7 Å². The molecule has 0 spiro atoms. The molecule has 0 aromatic heterocycles. The minimum Gasteiger partial charge on any atom is -0.352 e. The summed E-state index contributed by atoms with van der Waals surface area (Å²) in [5.41, 5.74) is 0. The Hall–Kier alpha value is -1.43. The van der Waals surface area contributed by atoms with Gasteiger partial charge < -0.3 is 5.32 Å². The van der Waals surface area contributed by atoms with Crippen molar-refractivity contribution in [3.05, 3.63) is 30.1 Å². The number of amides is 1. The van der Waals surface area contributed by atoms with Crippen LogP contribution in [0.2, 0.25) is 0 Å². The van der Waals surface area contributed by atoms with E-state index in [1.54, 1.807) is 0 Å². The summed E-state index contributed by atoms with van der Waals surface area (Å²) in [6, 6.07) is 4.59. The van der Waals surface area contributed by atoms with Crippen molar-refractivity contribution < 1.29 is 17.6 Å². The molecular formula is C16H22FNO3S. The summed E-state index contributed by atoms with van der Waals surface area (Å²) in [5, 5.41) is 1.68. The topological polar surface area (TPSA) is 63.2 Å². The van der Waals surface area contributed by atoms with Crippen LogP contribution in [0, 0.1) is 11.7 Å². The lowest BCUT2D eigenvalue weighted by molar-refractivity contribution is -0.121. The first-order chi connectivity index (χ1) is 10.3. The molecule has 1 aromatic carbocycles. The second-order valence-corrected chi connectivity index (χ2v) is 8.29. The van der Waals surface area contributed by atoms with Gasteiger partial charge in [-0.2, -0.15) is 0 Å². The van der Waals surface area contributed by atoms with Crippen LogP contribution in [-0.4, -0.2) is 25.6 Å². The number of rotatable bonds is 4. The van der Waals surface area contributed by atoms with E-state index in [4.69, 9.17) is 0 Å². The number of nitrogens with one attached hydrogen (secondary N) is 1. The molecule has 1 aliphatic rings. The largest absolute Gasteiger partial charge is 0.352 e. The predicted octanol–water partition coefficient (Wildman–Crippen LogP) is 2.68. The molecule has 1 N–H and O–H groups in total. The zero-order valence-electron chi connectivity index (χ0n) is 12.9. The highest BCUT2D eigenvalue weighted by atomic mass is 32.2. The van der Waals surface area contributed by atoms with Gasteiger partial charge in [-0.1, -0.05) is 19.8 Å². The summed E-state index contributed by atoms with van der Waals surface area (Å²) < 4.78 is 37.8. The number of hydrogen-bond acceptors (Lipinski definition) is 3. The van der Waals surface area contributed by atoms with Gasteiger partial charge in [0, 0.05) is 6.04 Å². The Morgan fingerprint density at radius 2 is 1.82 bits per heavy atom. The van der Waals surface area contributed by atoms with Crippen LogP contribution in [0.4, 0.5) is 4.39 Å². The van der Waals surface area contributed by atoms with Crippen LogP contribution < -0.4 is 5.32 Å². The van der Waals surface area contributed by atoms with Crippen LogP contribution in [0.5, 0.6) is 0 Å². The molecule has 0 bridgehead atoms. The standard InChI is InChI=1S/C16H22FNO3S/c1-11-5-3-4-6-15(11)18-16(19)12(2)22(20,21)14-9-7-13(17)8-10-14/h7-12,15H,3-6H2,1-2H3,(H,18,19). The van der Waals surface area contributed by atoms with E-state index in [0.29, 0.717) is 5.92 Å². The SMILES string of the molecule is CC1CCCCC1NC(=O)C(C)S(=O)(=O)c1ccc(F)cc1. The molecule has 4 nitrogen and oxygen atoms in total. The molecule has 122 valence electrons. The van der Waals surface area contributed by atoms with Gasteiger partial charge in [0.15, 0.2) is 9.84 Å². The Bertz CT molecular complexity index is 627. The molecule has 1 amide bonds. The van der Waals surface area contributed by atoms with Crippen molar-refractivity contribution in [1.29, 1.82) is 0 Å². The lowest BCUT2D eigenvalue weighted by atomic mass is 9.86. The van der Waals surface area contributed by atoms with Gasteiger partial charge in [0.25, 0.3) is 0 Å².